The highest BCUT2D eigenvalue weighted by atomic mass is 35.5. The second kappa shape index (κ2) is 17.6. The largest absolute Gasteiger partial charge is 0.342 e. The van der Waals surface area contributed by atoms with Gasteiger partial charge in [-0.1, -0.05) is 63.4 Å². The molecule has 2 heterocycles. The van der Waals surface area contributed by atoms with Crippen LogP contribution in [0.5, 0.6) is 0 Å². The molecule has 0 aromatic heterocycles. The van der Waals surface area contributed by atoms with Crippen LogP contribution in [0.25, 0.3) is 0 Å². The van der Waals surface area contributed by atoms with E-state index in [4.69, 9.17) is 0 Å². The number of carbonyl (C=O) groups excluding carboxylic acids is 3. The van der Waals surface area contributed by atoms with Gasteiger partial charge in [-0.05, 0) is 48.8 Å². The number of halogens is 1. The first kappa shape index (κ1) is 34.1. The molecule has 2 aliphatic heterocycles. The third-order valence-electron chi connectivity index (χ3n) is 8.31. The van der Waals surface area contributed by atoms with Crippen LogP contribution in [-0.4, -0.2) is 81.9 Å². The Bertz CT molecular complexity index is 956. The molecule has 0 radical (unpaired) electrons. The van der Waals surface area contributed by atoms with Crippen molar-refractivity contribution in [1.29, 1.82) is 0 Å². The monoisotopic (exact) mass is 624 g/mol. The fourth-order valence-corrected chi connectivity index (χ4v) is 8.35. The van der Waals surface area contributed by atoms with E-state index in [-0.39, 0.29) is 36.0 Å². The van der Waals surface area contributed by atoms with Gasteiger partial charge in [0.2, 0.25) is 17.7 Å². The fourth-order valence-electron chi connectivity index (χ4n) is 5.90. The quantitative estimate of drug-likeness (QED) is 0.343. The summed E-state index contributed by atoms with van der Waals surface area (Å²) in [5.74, 6) is 3.60. The van der Waals surface area contributed by atoms with Gasteiger partial charge in [-0.3, -0.25) is 14.4 Å². The van der Waals surface area contributed by atoms with Crippen LogP contribution in [0.4, 0.5) is 0 Å². The van der Waals surface area contributed by atoms with Gasteiger partial charge >= 0.3 is 0 Å². The van der Waals surface area contributed by atoms with E-state index in [0.717, 1.165) is 25.1 Å². The Morgan fingerprint density at radius 1 is 1.02 bits per heavy atom. The van der Waals surface area contributed by atoms with E-state index < -0.39 is 12.1 Å². The van der Waals surface area contributed by atoms with Crippen LogP contribution in [-0.2, 0) is 20.9 Å². The van der Waals surface area contributed by atoms with Gasteiger partial charge in [-0.25, -0.2) is 0 Å². The first-order valence-corrected chi connectivity index (χ1v) is 17.5. The molecule has 3 amide bonds. The van der Waals surface area contributed by atoms with Gasteiger partial charge < -0.3 is 20.4 Å². The van der Waals surface area contributed by atoms with Crippen LogP contribution in [0.1, 0.15) is 70.8 Å². The van der Waals surface area contributed by atoms with Crippen molar-refractivity contribution in [3.63, 3.8) is 0 Å². The highest BCUT2D eigenvalue weighted by Gasteiger charge is 2.37. The van der Waals surface area contributed by atoms with Crippen LogP contribution >= 0.6 is 35.9 Å². The number of piperidine rings is 1. The summed E-state index contributed by atoms with van der Waals surface area (Å²) < 4.78 is 0. The van der Waals surface area contributed by atoms with Crippen LogP contribution in [0, 0.1) is 11.8 Å². The smallest absolute Gasteiger partial charge is 0.246 e. The predicted octanol–water partition coefficient (Wildman–Crippen LogP) is 4.93. The summed E-state index contributed by atoms with van der Waals surface area (Å²) in [6, 6.07) is 9.74. The molecular formula is C31H49ClN4O3S2. The lowest BCUT2D eigenvalue weighted by Crippen LogP contribution is -2.57. The first-order chi connectivity index (χ1) is 19.4. The summed E-state index contributed by atoms with van der Waals surface area (Å²) in [7, 11) is 0. The van der Waals surface area contributed by atoms with Crippen molar-refractivity contribution < 1.29 is 14.4 Å². The molecule has 0 unspecified atom stereocenters. The van der Waals surface area contributed by atoms with Crippen LogP contribution in [0.2, 0.25) is 0 Å². The van der Waals surface area contributed by atoms with Gasteiger partial charge in [0.15, 0.2) is 0 Å². The lowest BCUT2D eigenvalue weighted by atomic mass is 9.91. The maximum Gasteiger partial charge on any atom is 0.246 e. The average Bonchev–Trinajstić information content (AvgIpc) is 3.47. The summed E-state index contributed by atoms with van der Waals surface area (Å²) in [5, 5.41) is 6.76. The Morgan fingerprint density at radius 2 is 1.73 bits per heavy atom. The minimum atomic E-state index is -0.553. The van der Waals surface area contributed by atoms with Crippen LogP contribution in [0.3, 0.4) is 0 Å². The molecule has 1 aliphatic carbocycles. The van der Waals surface area contributed by atoms with Crippen molar-refractivity contribution >= 4 is 53.7 Å². The minimum Gasteiger partial charge on any atom is -0.342 e. The standard InChI is InChI=1S/C31H48N4O3S2.ClH/c1-23(2)17-29(36)35-22-40-21-28(35)30(37)33-27(20-39-19-25-11-7-4-8-12-25)31(38)34-15-13-26(14-16-34)32-18-24-9-5-3-6-10-24;/h3,5-6,9-10,23,25-28,32H,4,7-8,11-22H2,1-2H3,(H,33,37);1H/t27-,28-;/m0./s1. The normalized spacial score (nSPS) is 21.0. The molecule has 0 spiro atoms. The molecule has 3 aliphatic rings. The third-order valence-corrected chi connectivity index (χ3v) is 10.6. The lowest BCUT2D eigenvalue weighted by Gasteiger charge is -2.35. The average molecular weight is 625 g/mol. The number of amides is 3. The molecular weight excluding hydrogens is 576 g/mol. The molecule has 0 bridgehead atoms. The molecule has 4 rings (SSSR count). The molecule has 2 atom stereocenters. The van der Waals surface area contributed by atoms with Crippen molar-refractivity contribution in [3.8, 4) is 0 Å². The van der Waals surface area contributed by atoms with Crippen molar-refractivity contribution in [1.82, 2.24) is 20.4 Å². The number of rotatable bonds is 12. The van der Waals surface area contributed by atoms with E-state index in [2.05, 4.69) is 34.9 Å². The van der Waals surface area contributed by atoms with E-state index >= 15 is 0 Å². The van der Waals surface area contributed by atoms with E-state index in [1.807, 2.05) is 24.8 Å². The molecule has 2 N–H and O–H groups in total. The summed E-state index contributed by atoms with van der Waals surface area (Å²) in [6.45, 7) is 6.28. The number of likely N-dealkylation sites (tertiary alicyclic amines) is 1. The molecule has 3 fully saturated rings. The van der Waals surface area contributed by atoms with Gasteiger partial charge in [-0.15, -0.1) is 24.2 Å². The zero-order chi connectivity index (χ0) is 28.3. The van der Waals surface area contributed by atoms with Gasteiger partial charge in [-0.2, -0.15) is 11.8 Å². The molecule has 1 saturated carbocycles. The van der Waals surface area contributed by atoms with Crippen LogP contribution in [0.15, 0.2) is 30.3 Å². The third kappa shape index (κ3) is 10.7. The topological polar surface area (TPSA) is 81.8 Å². The van der Waals surface area contributed by atoms with E-state index in [9.17, 15) is 14.4 Å². The number of thioether (sulfide) groups is 2. The van der Waals surface area contributed by atoms with Crippen molar-refractivity contribution in [2.24, 2.45) is 11.8 Å². The SMILES string of the molecule is CC(C)CC(=O)N1CSC[C@H]1C(=O)N[C@@H](CSCC1CCCCC1)C(=O)N1CCC(NCc2ccccc2)CC1.Cl. The summed E-state index contributed by atoms with van der Waals surface area (Å²) >= 11 is 3.42. The maximum absolute atomic E-state index is 13.8. The van der Waals surface area contributed by atoms with Crippen molar-refractivity contribution in [2.45, 2.75) is 89.9 Å². The van der Waals surface area contributed by atoms with E-state index in [1.165, 1.54) is 37.7 Å². The summed E-state index contributed by atoms with van der Waals surface area (Å²) in [4.78, 5) is 43.7. The summed E-state index contributed by atoms with van der Waals surface area (Å²) in [6.07, 6.45) is 8.74. The maximum atomic E-state index is 13.8. The Kier molecular flexibility index (Phi) is 14.7. The Balaban J connectivity index is 0.00000462. The van der Waals surface area contributed by atoms with Crippen molar-refractivity contribution in [3.05, 3.63) is 35.9 Å². The molecule has 1 aromatic rings. The Hall–Kier alpha value is -1.42. The van der Waals surface area contributed by atoms with Crippen molar-refractivity contribution in [2.75, 3.05) is 36.2 Å². The van der Waals surface area contributed by atoms with Crippen LogP contribution < -0.4 is 10.6 Å². The molecule has 7 nitrogen and oxygen atoms in total. The number of nitrogens with zero attached hydrogens (tertiary/aromatic N) is 2. The van der Waals surface area contributed by atoms with Gasteiger partial charge in [0, 0.05) is 43.6 Å². The molecule has 230 valence electrons. The fraction of sp³-hybridized carbons (Fsp3) is 0.710. The van der Waals surface area contributed by atoms with Gasteiger partial charge in [0.05, 0.1) is 5.88 Å². The first-order valence-electron chi connectivity index (χ1n) is 15.2. The number of benzene rings is 1. The second-order valence-electron chi connectivity index (χ2n) is 12.0. The number of carbonyl (C=O) groups is 3. The minimum absolute atomic E-state index is 0. The number of nitrogens with one attached hydrogen (secondary N) is 2. The van der Waals surface area contributed by atoms with E-state index in [1.54, 1.807) is 28.4 Å². The Labute approximate surface area is 261 Å². The molecule has 2 saturated heterocycles. The molecule has 10 heteroatoms. The predicted molar refractivity (Wildman–Crippen MR) is 173 cm³/mol. The zero-order valence-electron chi connectivity index (χ0n) is 24.7. The highest BCUT2D eigenvalue weighted by molar-refractivity contribution is 7.99. The molecule has 41 heavy (non-hydrogen) atoms. The number of hydrogen-bond donors (Lipinski definition) is 2. The van der Waals surface area contributed by atoms with E-state index in [0.29, 0.717) is 48.9 Å². The second-order valence-corrected chi connectivity index (χ2v) is 14.1. The van der Waals surface area contributed by atoms with Gasteiger partial charge in [0.1, 0.15) is 12.1 Å². The number of hydrogen-bond acceptors (Lipinski definition) is 6. The highest BCUT2D eigenvalue weighted by Crippen LogP contribution is 2.28. The molecule has 1 aromatic carbocycles. The summed E-state index contributed by atoms with van der Waals surface area (Å²) in [5.41, 5.74) is 1.27. The van der Waals surface area contributed by atoms with Gasteiger partial charge in [0.25, 0.3) is 0 Å². The zero-order valence-corrected chi connectivity index (χ0v) is 27.2. The lowest BCUT2D eigenvalue weighted by molar-refractivity contribution is -0.141. The Morgan fingerprint density at radius 3 is 2.41 bits per heavy atom.